The molecule has 1 heterocycles. The highest BCUT2D eigenvalue weighted by molar-refractivity contribution is 5.17. The minimum Gasteiger partial charge on any atom is -0.312 e. The van der Waals surface area contributed by atoms with Gasteiger partial charge in [0, 0.05) is 17.6 Å². The zero-order valence-corrected chi connectivity index (χ0v) is 13.0. The van der Waals surface area contributed by atoms with Crippen molar-refractivity contribution in [1.82, 2.24) is 10.2 Å². The third-order valence-corrected chi connectivity index (χ3v) is 3.98. The van der Waals surface area contributed by atoms with Gasteiger partial charge in [0.15, 0.2) is 0 Å². The van der Waals surface area contributed by atoms with E-state index in [2.05, 4.69) is 31.0 Å². The number of rotatable bonds is 4. The monoisotopic (exact) mass is 278 g/mol. The summed E-state index contributed by atoms with van der Waals surface area (Å²) in [5.41, 5.74) is 1.02. The van der Waals surface area contributed by atoms with Gasteiger partial charge in [0.05, 0.1) is 0 Å². The molecular weight excluding hydrogens is 251 g/mol. The Balaban J connectivity index is 1.76. The Labute approximate surface area is 122 Å². The summed E-state index contributed by atoms with van der Waals surface area (Å²) in [6.07, 6.45) is 2.41. The fourth-order valence-electron chi connectivity index (χ4n) is 2.67. The van der Waals surface area contributed by atoms with Crippen molar-refractivity contribution in [3.63, 3.8) is 0 Å². The third-order valence-electron chi connectivity index (χ3n) is 3.98. The molecule has 0 spiro atoms. The molecule has 0 saturated carbocycles. The Morgan fingerprint density at radius 1 is 1.20 bits per heavy atom. The zero-order valence-electron chi connectivity index (χ0n) is 13.0. The van der Waals surface area contributed by atoms with Crippen molar-refractivity contribution in [1.29, 1.82) is 0 Å². The minimum atomic E-state index is -0.0796. The quantitative estimate of drug-likeness (QED) is 0.908. The Kier molecular flexibility index (Phi) is 5.17. The molecule has 1 aliphatic rings. The van der Waals surface area contributed by atoms with Gasteiger partial charge in [0.25, 0.3) is 0 Å². The van der Waals surface area contributed by atoms with Crippen LogP contribution < -0.4 is 5.32 Å². The number of nitrogens with zero attached hydrogens (tertiary/aromatic N) is 1. The van der Waals surface area contributed by atoms with Crippen LogP contribution in [0.4, 0.5) is 4.39 Å². The molecule has 0 amide bonds. The lowest BCUT2D eigenvalue weighted by Crippen LogP contribution is -2.42. The van der Waals surface area contributed by atoms with Gasteiger partial charge in [-0.2, -0.15) is 0 Å². The first-order valence-electron chi connectivity index (χ1n) is 7.65. The fraction of sp³-hybridized carbons (Fsp3) is 0.647. The second kappa shape index (κ2) is 6.68. The van der Waals surface area contributed by atoms with E-state index < -0.39 is 0 Å². The molecule has 0 unspecified atom stereocenters. The molecule has 112 valence electrons. The SMILES string of the molecule is CC(C)(C)NCC1CCN(Cc2ccccc2F)CC1. The van der Waals surface area contributed by atoms with Crippen molar-refractivity contribution in [3.05, 3.63) is 35.6 Å². The molecule has 2 rings (SSSR count). The summed E-state index contributed by atoms with van der Waals surface area (Å²) in [6.45, 7) is 10.6. The molecule has 3 heteroatoms. The molecule has 1 aromatic rings. The van der Waals surface area contributed by atoms with E-state index in [0.29, 0.717) is 0 Å². The van der Waals surface area contributed by atoms with Crippen LogP contribution in [0.2, 0.25) is 0 Å². The maximum Gasteiger partial charge on any atom is 0.127 e. The second-order valence-corrected chi connectivity index (χ2v) is 6.94. The molecule has 20 heavy (non-hydrogen) atoms. The van der Waals surface area contributed by atoms with E-state index in [9.17, 15) is 4.39 Å². The van der Waals surface area contributed by atoms with Crippen LogP contribution in [-0.2, 0) is 6.54 Å². The number of piperidine rings is 1. The first kappa shape index (κ1) is 15.5. The summed E-state index contributed by atoms with van der Waals surface area (Å²) < 4.78 is 13.6. The molecule has 0 aromatic heterocycles. The van der Waals surface area contributed by atoms with E-state index in [0.717, 1.165) is 37.7 Å². The van der Waals surface area contributed by atoms with E-state index in [-0.39, 0.29) is 11.4 Å². The van der Waals surface area contributed by atoms with Crippen molar-refractivity contribution in [3.8, 4) is 0 Å². The average Bonchev–Trinajstić information content (AvgIpc) is 2.40. The summed E-state index contributed by atoms with van der Waals surface area (Å²) >= 11 is 0. The normalized spacial score (nSPS) is 18.4. The predicted octanol–water partition coefficient (Wildman–Crippen LogP) is 3.43. The van der Waals surface area contributed by atoms with E-state index in [1.807, 2.05) is 12.1 Å². The van der Waals surface area contributed by atoms with Crippen molar-refractivity contribution >= 4 is 0 Å². The maximum absolute atomic E-state index is 13.6. The summed E-state index contributed by atoms with van der Waals surface area (Å²) in [6, 6.07) is 7.11. The first-order chi connectivity index (χ1) is 9.44. The summed E-state index contributed by atoms with van der Waals surface area (Å²) in [4.78, 5) is 2.37. The molecule has 1 saturated heterocycles. The van der Waals surface area contributed by atoms with E-state index in [4.69, 9.17) is 0 Å². The number of nitrogens with one attached hydrogen (secondary N) is 1. The lowest BCUT2D eigenvalue weighted by Gasteiger charge is -2.33. The first-order valence-corrected chi connectivity index (χ1v) is 7.65. The molecule has 2 nitrogen and oxygen atoms in total. The van der Waals surface area contributed by atoms with Gasteiger partial charge in [-0.25, -0.2) is 4.39 Å². The largest absolute Gasteiger partial charge is 0.312 e. The molecule has 0 bridgehead atoms. The van der Waals surface area contributed by atoms with Crippen LogP contribution in [0.25, 0.3) is 0 Å². The van der Waals surface area contributed by atoms with Gasteiger partial charge in [-0.3, -0.25) is 4.90 Å². The summed E-state index contributed by atoms with van der Waals surface area (Å²) in [5.74, 6) is 0.676. The van der Waals surface area contributed by atoms with Crippen LogP contribution in [0.1, 0.15) is 39.2 Å². The highest BCUT2D eigenvalue weighted by Gasteiger charge is 2.21. The summed E-state index contributed by atoms with van der Waals surface area (Å²) in [5, 5.41) is 3.59. The van der Waals surface area contributed by atoms with Crippen LogP contribution in [-0.4, -0.2) is 30.1 Å². The molecule has 0 aliphatic carbocycles. The van der Waals surface area contributed by atoms with E-state index in [1.165, 1.54) is 12.8 Å². The van der Waals surface area contributed by atoms with Gasteiger partial charge in [-0.15, -0.1) is 0 Å². The maximum atomic E-state index is 13.6. The molecule has 1 aromatic carbocycles. The number of benzene rings is 1. The van der Waals surface area contributed by atoms with Crippen LogP contribution in [0.3, 0.4) is 0 Å². The molecule has 1 aliphatic heterocycles. The minimum absolute atomic E-state index is 0.0796. The average molecular weight is 278 g/mol. The van der Waals surface area contributed by atoms with Gasteiger partial charge < -0.3 is 5.32 Å². The van der Waals surface area contributed by atoms with Crippen molar-refractivity contribution in [2.24, 2.45) is 5.92 Å². The molecular formula is C17H27FN2. The van der Waals surface area contributed by atoms with Gasteiger partial charge in [-0.05, 0) is 65.2 Å². The Bertz CT molecular complexity index is 417. The highest BCUT2D eigenvalue weighted by atomic mass is 19.1. The standard InChI is InChI=1S/C17H27FN2/c1-17(2,3)19-12-14-8-10-20(11-9-14)13-15-6-4-5-7-16(15)18/h4-7,14,19H,8-13H2,1-3H3. The van der Waals surface area contributed by atoms with Crippen LogP contribution in [0.5, 0.6) is 0 Å². The number of hydrogen-bond acceptors (Lipinski definition) is 2. The molecule has 1 N–H and O–H groups in total. The molecule has 0 radical (unpaired) electrons. The Morgan fingerprint density at radius 3 is 2.45 bits per heavy atom. The van der Waals surface area contributed by atoms with Crippen molar-refractivity contribution in [2.75, 3.05) is 19.6 Å². The van der Waals surface area contributed by atoms with Crippen LogP contribution in [0, 0.1) is 11.7 Å². The van der Waals surface area contributed by atoms with Gasteiger partial charge >= 0.3 is 0 Å². The van der Waals surface area contributed by atoms with Crippen molar-refractivity contribution < 1.29 is 4.39 Å². The highest BCUT2D eigenvalue weighted by Crippen LogP contribution is 2.20. The summed E-state index contributed by atoms with van der Waals surface area (Å²) in [7, 11) is 0. The number of halogens is 1. The van der Waals surface area contributed by atoms with E-state index >= 15 is 0 Å². The topological polar surface area (TPSA) is 15.3 Å². The van der Waals surface area contributed by atoms with Gasteiger partial charge in [0.1, 0.15) is 5.82 Å². The lowest BCUT2D eigenvalue weighted by molar-refractivity contribution is 0.168. The van der Waals surface area contributed by atoms with Crippen LogP contribution >= 0.6 is 0 Å². The van der Waals surface area contributed by atoms with Gasteiger partial charge in [-0.1, -0.05) is 18.2 Å². The van der Waals surface area contributed by atoms with Crippen molar-refractivity contribution in [2.45, 2.75) is 45.7 Å². The molecule has 1 fully saturated rings. The number of hydrogen-bond donors (Lipinski definition) is 1. The third kappa shape index (κ3) is 4.88. The Morgan fingerprint density at radius 2 is 1.85 bits per heavy atom. The predicted molar refractivity (Wildman–Crippen MR) is 82.2 cm³/mol. The zero-order chi connectivity index (χ0) is 14.6. The fourth-order valence-corrected chi connectivity index (χ4v) is 2.67. The Hall–Kier alpha value is -0.930. The second-order valence-electron chi connectivity index (χ2n) is 6.94. The number of likely N-dealkylation sites (tertiary alicyclic amines) is 1. The van der Waals surface area contributed by atoms with Gasteiger partial charge in [0.2, 0.25) is 0 Å². The van der Waals surface area contributed by atoms with E-state index in [1.54, 1.807) is 12.1 Å². The smallest absolute Gasteiger partial charge is 0.127 e. The molecule has 0 atom stereocenters. The van der Waals surface area contributed by atoms with Crippen LogP contribution in [0.15, 0.2) is 24.3 Å². The lowest BCUT2D eigenvalue weighted by atomic mass is 9.95.